The first-order chi connectivity index (χ1) is 8.32. The standard InChI is InChI=1S/C11H8BrF3N2O/c1-2-9-16-8-4-7(12)6(11(13,14)15)3-5(8)10(18)17-9/h3-4H,2H2,1H3,(H,16,17,18). The van der Waals surface area contributed by atoms with Crippen molar-refractivity contribution in [2.45, 2.75) is 19.5 Å². The summed E-state index contributed by atoms with van der Waals surface area (Å²) in [5.41, 5.74) is -1.20. The van der Waals surface area contributed by atoms with Crippen LogP contribution in [0.5, 0.6) is 0 Å². The van der Waals surface area contributed by atoms with Gasteiger partial charge in [-0.05, 0) is 12.1 Å². The van der Waals surface area contributed by atoms with E-state index < -0.39 is 17.3 Å². The van der Waals surface area contributed by atoms with Crippen molar-refractivity contribution in [1.82, 2.24) is 9.97 Å². The minimum atomic E-state index is -4.51. The van der Waals surface area contributed by atoms with Crippen molar-refractivity contribution in [2.24, 2.45) is 0 Å². The van der Waals surface area contributed by atoms with Crippen molar-refractivity contribution < 1.29 is 13.2 Å². The van der Waals surface area contributed by atoms with Crippen molar-refractivity contribution in [1.29, 1.82) is 0 Å². The van der Waals surface area contributed by atoms with Gasteiger partial charge in [-0.25, -0.2) is 4.98 Å². The van der Waals surface area contributed by atoms with Crippen molar-refractivity contribution in [3.8, 4) is 0 Å². The Balaban J connectivity index is 2.81. The van der Waals surface area contributed by atoms with Gasteiger partial charge in [0.1, 0.15) is 5.82 Å². The first-order valence-electron chi connectivity index (χ1n) is 5.12. The molecule has 2 rings (SSSR count). The lowest BCUT2D eigenvalue weighted by atomic mass is 10.1. The molecule has 0 amide bonds. The van der Waals surface area contributed by atoms with Crippen molar-refractivity contribution in [3.05, 3.63) is 38.3 Å². The molecule has 0 saturated carbocycles. The summed E-state index contributed by atoms with van der Waals surface area (Å²) in [7, 11) is 0. The highest BCUT2D eigenvalue weighted by Crippen LogP contribution is 2.36. The molecule has 0 aliphatic heterocycles. The third-order valence-electron chi connectivity index (χ3n) is 2.48. The lowest BCUT2D eigenvalue weighted by molar-refractivity contribution is -0.138. The highest BCUT2D eigenvalue weighted by atomic mass is 79.9. The second-order valence-electron chi connectivity index (χ2n) is 3.71. The third-order valence-corrected chi connectivity index (χ3v) is 3.14. The van der Waals surface area contributed by atoms with Crippen LogP contribution in [0.25, 0.3) is 10.9 Å². The molecule has 0 spiro atoms. The van der Waals surface area contributed by atoms with E-state index in [0.29, 0.717) is 12.2 Å². The number of hydrogen-bond donors (Lipinski definition) is 1. The maximum Gasteiger partial charge on any atom is 0.417 e. The number of aryl methyl sites for hydroxylation is 1. The Labute approximate surface area is 108 Å². The van der Waals surface area contributed by atoms with Crippen LogP contribution in [0, 0.1) is 0 Å². The van der Waals surface area contributed by atoms with Gasteiger partial charge < -0.3 is 4.98 Å². The molecule has 0 radical (unpaired) electrons. The Hall–Kier alpha value is -1.37. The van der Waals surface area contributed by atoms with E-state index in [1.165, 1.54) is 6.07 Å². The number of aromatic amines is 1. The molecule has 0 fully saturated rings. The molecule has 0 unspecified atom stereocenters. The Bertz CT molecular complexity index is 664. The molecule has 0 atom stereocenters. The van der Waals surface area contributed by atoms with Crippen LogP contribution in [-0.2, 0) is 12.6 Å². The van der Waals surface area contributed by atoms with E-state index in [0.717, 1.165) is 6.07 Å². The highest BCUT2D eigenvalue weighted by molar-refractivity contribution is 9.10. The van der Waals surface area contributed by atoms with Gasteiger partial charge in [0.25, 0.3) is 5.56 Å². The minimum absolute atomic E-state index is 0.0669. The summed E-state index contributed by atoms with van der Waals surface area (Å²) in [5.74, 6) is 0.444. The molecule has 0 saturated heterocycles. The van der Waals surface area contributed by atoms with Crippen LogP contribution in [0.2, 0.25) is 0 Å². The summed E-state index contributed by atoms with van der Waals surface area (Å²) in [6.07, 6.45) is -4.01. The lowest BCUT2D eigenvalue weighted by Crippen LogP contribution is -2.14. The first-order valence-corrected chi connectivity index (χ1v) is 5.92. The zero-order chi connectivity index (χ0) is 13.5. The molecule has 96 valence electrons. The number of halogens is 4. The molecule has 7 heteroatoms. The van der Waals surface area contributed by atoms with Gasteiger partial charge in [0, 0.05) is 10.9 Å². The van der Waals surface area contributed by atoms with Gasteiger partial charge in [-0.1, -0.05) is 22.9 Å². The molecule has 0 aliphatic carbocycles. The van der Waals surface area contributed by atoms with Gasteiger partial charge in [0.05, 0.1) is 16.5 Å². The second kappa shape index (κ2) is 4.38. The zero-order valence-corrected chi connectivity index (χ0v) is 10.8. The minimum Gasteiger partial charge on any atom is -0.310 e. The molecule has 1 aromatic heterocycles. The third kappa shape index (κ3) is 2.27. The second-order valence-corrected chi connectivity index (χ2v) is 4.57. The number of H-pyrrole nitrogens is 1. The van der Waals surface area contributed by atoms with Gasteiger partial charge >= 0.3 is 6.18 Å². The summed E-state index contributed by atoms with van der Waals surface area (Å²) in [6, 6.07) is 2.03. The molecule has 3 nitrogen and oxygen atoms in total. The number of hydrogen-bond acceptors (Lipinski definition) is 2. The number of benzene rings is 1. The number of aromatic nitrogens is 2. The number of alkyl halides is 3. The Morgan fingerprint density at radius 2 is 2.06 bits per heavy atom. The summed E-state index contributed by atoms with van der Waals surface area (Å²) in [6.45, 7) is 1.79. The predicted octanol–water partition coefficient (Wildman–Crippen LogP) is 3.27. The Kier molecular flexibility index (Phi) is 3.18. The summed E-state index contributed by atoms with van der Waals surface area (Å²) < 4.78 is 38.0. The van der Waals surface area contributed by atoms with Crippen LogP contribution in [0.15, 0.2) is 21.4 Å². The van der Waals surface area contributed by atoms with Crippen LogP contribution in [0.3, 0.4) is 0 Å². The number of nitrogens with one attached hydrogen (secondary N) is 1. The van der Waals surface area contributed by atoms with E-state index in [9.17, 15) is 18.0 Å². The molecule has 2 aromatic rings. The molecule has 1 heterocycles. The van der Waals surface area contributed by atoms with Crippen molar-refractivity contribution in [3.63, 3.8) is 0 Å². The van der Waals surface area contributed by atoms with E-state index in [-0.39, 0.29) is 15.4 Å². The fourth-order valence-electron chi connectivity index (χ4n) is 1.59. The van der Waals surface area contributed by atoms with E-state index in [1.807, 2.05) is 0 Å². The normalized spacial score (nSPS) is 12.1. The van der Waals surface area contributed by atoms with Gasteiger partial charge in [0.15, 0.2) is 0 Å². The van der Waals surface area contributed by atoms with E-state index in [4.69, 9.17) is 0 Å². The Morgan fingerprint density at radius 1 is 1.39 bits per heavy atom. The van der Waals surface area contributed by atoms with Crippen LogP contribution in [-0.4, -0.2) is 9.97 Å². The average molecular weight is 321 g/mol. The SMILES string of the molecule is CCc1nc2cc(Br)c(C(F)(F)F)cc2c(=O)[nH]1. The monoisotopic (exact) mass is 320 g/mol. The topological polar surface area (TPSA) is 45.8 Å². The molecule has 1 aromatic carbocycles. The first kappa shape index (κ1) is 13.1. The zero-order valence-electron chi connectivity index (χ0n) is 9.23. The van der Waals surface area contributed by atoms with Gasteiger partial charge in [0.2, 0.25) is 0 Å². The maximum atomic E-state index is 12.7. The smallest absolute Gasteiger partial charge is 0.310 e. The largest absolute Gasteiger partial charge is 0.417 e. The summed E-state index contributed by atoms with van der Waals surface area (Å²) in [4.78, 5) is 18.2. The average Bonchev–Trinajstić information content (AvgIpc) is 2.26. The number of fused-ring (bicyclic) bond motifs is 1. The van der Waals surface area contributed by atoms with Crippen molar-refractivity contribution >= 4 is 26.8 Å². The van der Waals surface area contributed by atoms with E-state index >= 15 is 0 Å². The van der Waals surface area contributed by atoms with Crippen LogP contribution in [0.1, 0.15) is 18.3 Å². The molecule has 0 bridgehead atoms. The number of rotatable bonds is 1. The van der Waals surface area contributed by atoms with E-state index in [1.54, 1.807) is 6.92 Å². The van der Waals surface area contributed by atoms with Gasteiger partial charge in [-0.15, -0.1) is 0 Å². The van der Waals surface area contributed by atoms with Crippen LogP contribution in [0.4, 0.5) is 13.2 Å². The summed E-state index contributed by atoms with van der Waals surface area (Å²) in [5, 5.41) is -0.0669. The highest BCUT2D eigenvalue weighted by Gasteiger charge is 2.33. The quantitative estimate of drug-likeness (QED) is 0.876. The molecule has 0 aliphatic rings. The summed E-state index contributed by atoms with van der Waals surface area (Å²) >= 11 is 2.85. The molecule has 1 N–H and O–H groups in total. The van der Waals surface area contributed by atoms with Crippen molar-refractivity contribution in [2.75, 3.05) is 0 Å². The van der Waals surface area contributed by atoms with E-state index in [2.05, 4.69) is 25.9 Å². The molecule has 18 heavy (non-hydrogen) atoms. The predicted molar refractivity (Wildman–Crippen MR) is 64.4 cm³/mol. The van der Waals surface area contributed by atoms with Gasteiger partial charge in [-0.2, -0.15) is 13.2 Å². The Morgan fingerprint density at radius 3 is 2.61 bits per heavy atom. The van der Waals surface area contributed by atoms with Crippen LogP contribution >= 0.6 is 15.9 Å². The fourth-order valence-corrected chi connectivity index (χ4v) is 2.15. The number of nitrogens with zero attached hydrogens (tertiary/aromatic N) is 1. The van der Waals surface area contributed by atoms with Gasteiger partial charge in [-0.3, -0.25) is 4.79 Å². The van der Waals surface area contributed by atoms with Crippen LogP contribution < -0.4 is 5.56 Å². The molecular weight excluding hydrogens is 313 g/mol. The fraction of sp³-hybridized carbons (Fsp3) is 0.273. The lowest BCUT2D eigenvalue weighted by Gasteiger charge is -2.10. The maximum absolute atomic E-state index is 12.7. The molecular formula is C11H8BrF3N2O.